The predicted octanol–water partition coefficient (Wildman–Crippen LogP) is 3.38. The molecule has 20 heavy (non-hydrogen) atoms. The number of rotatable bonds is 5. The Morgan fingerprint density at radius 1 is 1.40 bits per heavy atom. The standard InChI is InChI=1S/C14H17ClN4S/c1-3-11-13-14(18(2)17-11)19(12(9-15)16-13)7-6-10-5-4-8-20-10/h4-5,8H,3,6-7,9H2,1-2H3. The smallest absolute Gasteiger partial charge is 0.158 e. The number of halogens is 1. The molecule has 4 nitrogen and oxygen atoms in total. The van der Waals surface area contributed by atoms with Gasteiger partial charge in [-0.1, -0.05) is 13.0 Å². The number of thiophene rings is 1. The molecular formula is C14H17ClN4S. The monoisotopic (exact) mass is 308 g/mol. The first-order valence-electron chi connectivity index (χ1n) is 6.74. The van der Waals surface area contributed by atoms with Crippen molar-refractivity contribution in [2.45, 2.75) is 32.2 Å². The van der Waals surface area contributed by atoms with Crippen molar-refractivity contribution >= 4 is 34.1 Å². The molecule has 6 heteroatoms. The molecule has 0 aliphatic rings. The summed E-state index contributed by atoms with van der Waals surface area (Å²) in [4.78, 5) is 6.05. The average molecular weight is 309 g/mol. The zero-order valence-electron chi connectivity index (χ0n) is 11.6. The molecule has 0 atom stereocenters. The van der Waals surface area contributed by atoms with E-state index in [4.69, 9.17) is 11.6 Å². The molecular weight excluding hydrogens is 292 g/mol. The second kappa shape index (κ2) is 5.58. The van der Waals surface area contributed by atoms with Gasteiger partial charge in [0, 0.05) is 18.5 Å². The lowest BCUT2D eigenvalue weighted by Crippen LogP contribution is -2.08. The number of imidazole rings is 1. The number of alkyl halides is 1. The van der Waals surface area contributed by atoms with Crippen molar-refractivity contribution in [1.29, 1.82) is 0 Å². The van der Waals surface area contributed by atoms with Gasteiger partial charge in [0.2, 0.25) is 0 Å². The molecule has 0 radical (unpaired) electrons. The van der Waals surface area contributed by atoms with Crippen LogP contribution in [0.25, 0.3) is 11.2 Å². The summed E-state index contributed by atoms with van der Waals surface area (Å²) in [5.41, 5.74) is 3.12. The summed E-state index contributed by atoms with van der Waals surface area (Å²) in [7, 11) is 1.98. The summed E-state index contributed by atoms with van der Waals surface area (Å²) in [5, 5.41) is 6.65. The van der Waals surface area contributed by atoms with Gasteiger partial charge in [-0.3, -0.25) is 4.68 Å². The van der Waals surface area contributed by atoms with Crippen molar-refractivity contribution in [3.05, 3.63) is 33.9 Å². The van der Waals surface area contributed by atoms with Crippen LogP contribution >= 0.6 is 22.9 Å². The fourth-order valence-electron chi connectivity index (χ4n) is 2.54. The van der Waals surface area contributed by atoms with E-state index in [9.17, 15) is 0 Å². The number of aryl methyl sites for hydroxylation is 4. The van der Waals surface area contributed by atoms with E-state index < -0.39 is 0 Å². The molecule has 0 aliphatic carbocycles. The second-order valence-corrected chi connectivity index (χ2v) is 6.04. The van der Waals surface area contributed by atoms with Crippen LogP contribution in [0.3, 0.4) is 0 Å². The molecule has 0 aliphatic heterocycles. The highest BCUT2D eigenvalue weighted by Crippen LogP contribution is 2.22. The first-order chi connectivity index (χ1) is 9.74. The SMILES string of the molecule is CCc1nn(C)c2c1nc(CCl)n2CCc1cccs1. The van der Waals surface area contributed by atoms with Crippen LogP contribution in [0.15, 0.2) is 17.5 Å². The summed E-state index contributed by atoms with van der Waals surface area (Å²) < 4.78 is 4.12. The minimum Gasteiger partial charge on any atom is -0.312 e. The Labute approximate surface area is 127 Å². The molecule has 0 saturated carbocycles. The van der Waals surface area contributed by atoms with Gasteiger partial charge in [0.05, 0.1) is 11.6 Å². The molecule has 106 valence electrons. The number of aromatic nitrogens is 4. The minimum absolute atomic E-state index is 0.433. The minimum atomic E-state index is 0.433. The molecule has 0 unspecified atom stereocenters. The third kappa shape index (κ3) is 2.25. The van der Waals surface area contributed by atoms with Crippen molar-refractivity contribution in [3.8, 4) is 0 Å². The van der Waals surface area contributed by atoms with E-state index in [-0.39, 0.29) is 0 Å². The first kappa shape index (κ1) is 13.6. The van der Waals surface area contributed by atoms with Gasteiger partial charge in [-0.2, -0.15) is 5.10 Å². The summed E-state index contributed by atoms with van der Waals surface area (Å²) in [5.74, 6) is 1.36. The Kier molecular flexibility index (Phi) is 3.81. The number of hydrogen-bond acceptors (Lipinski definition) is 3. The van der Waals surface area contributed by atoms with E-state index in [1.807, 2.05) is 11.7 Å². The lowest BCUT2D eigenvalue weighted by Gasteiger charge is -2.07. The van der Waals surface area contributed by atoms with Crippen molar-refractivity contribution in [1.82, 2.24) is 19.3 Å². The Morgan fingerprint density at radius 3 is 2.90 bits per heavy atom. The topological polar surface area (TPSA) is 35.6 Å². The van der Waals surface area contributed by atoms with E-state index in [0.717, 1.165) is 42.1 Å². The van der Waals surface area contributed by atoms with Crippen LogP contribution in [0.5, 0.6) is 0 Å². The van der Waals surface area contributed by atoms with E-state index in [1.54, 1.807) is 11.3 Å². The van der Waals surface area contributed by atoms with Crippen molar-refractivity contribution in [3.63, 3.8) is 0 Å². The quantitative estimate of drug-likeness (QED) is 0.677. The Balaban J connectivity index is 2.01. The molecule has 0 N–H and O–H groups in total. The van der Waals surface area contributed by atoms with Crippen molar-refractivity contribution in [2.75, 3.05) is 0 Å². The van der Waals surface area contributed by atoms with Crippen LogP contribution in [0.1, 0.15) is 23.3 Å². The molecule has 0 bridgehead atoms. The number of hydrogen-bond donors (Lipinski definition) is 0. The second-order valence-electron chi connectivity index (χ2n) is 4.74. The van der Waals surface area contributed by atoms with Gasteiger partial charge in [-0.05, 0) is 24.3 Å². The lowest BCUT2D eigenvalue weighted by molar-refractivity contribution is 0.652. The molecule has 0 aromatic carbocycles. The maximum absolute atomic E-state index is 6.06. The van der Waals surface area contributed by atoms with E-state index >= 15 is 0 Å². The summed E-state index contributed by atoms with van der Waals surface area (Å²) in [6.07, 6.45) is 1.89. The highest BCUT2D eigenvalue weighted by atomic mass is 35.5. The molecule has 0 spiro atoms. The fraction of sp³-hybridized carbons (Fsp3) is 0.429. The van der Waals surface area contributed by atoms with Gasteiger partial charge in [0.1, 0.15) is 11.3 Å². The summed E-state index contributed by atoms with van der Waals surface area (Å²) in [6.45, 7) is 2.99. The van der Waals surface area contributed by atoms with E-state index in [1.165, 1.54) is 4.88 Å². The molecule has 3 heterocycles. The third-order valence-electron chi connectivity index (χ3n) is 3.49. The highest BCUT2D eigenvalue weighted by molar-refractivity contribution is 7.09. The zero-order valence-corrected chi connectivity index (χ0v) is 13.2. The van der Waals surface area contributed by atoms with Crippen LogP contribution in [0.4, 0.5) is 0 Å². The molecule has 0 saturated heterocycles. The van der Waals surface area contributed by atoms with E-state index in [2.05, 4.69) is 39.1 Å². The Hall–Kier alpha value is -1.33. The van der Waals surface area contributed by atoms with Crippen LogP contribution < -0.4 is 0 Å². The maximum Gasteiger partial charge on any atom is 0.158 e. The normalized spacial score (nSPS) is 11.6. The summed E-state index contributed by atoms with van der Waals surface area (Å²) >= 11 is 7.85. The van der Waals surface area contributed by atoms with E-state index in [0.29, 0.717) is 5.88 Å². The molecule has 3 aromatic heterocycles. The van der Waals surface area contributed by atoms with Crippen molar-refractivity contribution < 1.29 is 0 Å². The van der Waals surface area contributed by atoms with Crippen LogP contribution in [0.2, 0.25) is 0 Å². The predicted molar refractivity (Wildman–Crippen MR) is 83.5 cm³/mol. The number of fused-ring (bicyclic) bond motifs is 1. The van der Waals surface area contributed by atoms with Gasteiger partial charge in [0.15, 0.2) is 5.65 Å². The van der Waals surface area contributed by atoms with Gasteiger partial charge in [-0.25, -0.2) is 4.98 Å². The molecule has 3 rings (SSSR count). The summed E-state index contributed by atoms with van der Waals surface area (Å²) in [6, 6.07) is 4.26. The molecule has 0 amide bonds. The van der Waals surface area contributed by atoms with Crippen LogP contribution in [-0.2, 0) is 32.3 Å². The fourth-order valence-corrected chi connectivity index (χ4v) is 3.44. The molecule has 0 fully saturated rings. The Morgan fingerprint density at radius 2 is 2.25 bits per heavy atom. The zero-order chi connectivity index (χ0) is 14.1. The third-order valence-corrected chi connectivity index (χ3v) is 4.66. The van der Waals surface area contributed by atoms with Gasteiger partial charge in [-0.15, -0.1) is 22.9 Å². The van der Waals surface area contributed by atoms with Crippen LogP contribution in [0, 0.1) is 0 Å². The lowest BCUT2D eigenvalue weighted by atomic mass is 10.3. The Bertz CT molecular complexity index is 711. The maximum atomic E-state index is 6.06. The molecule has 3 aromatic rings. The first-order valence-corrected chi connectivity index (χ1v) is 8.15. The van der Waals surface area contributed by atoms with Gasteiger partial charge < -0.3 is 4.57 Å². The van der Waals surface area contributed by atoms with Crippen LogP contribution in [-0.4, -0.2) is 19.3 Å². The largest absolute Gasteiger partial charge is 0.312 e. The van der Waals surface area contributed by atoms with Gasteiger partial charge >= 0.3 is 0 Å². The van der Waals surface area contributed by atoms with Crippen molar-refractivity contribution in [2.24, 2.45) is 7.05 Å². The average Bonchev–Trinajstić information content (AvgIpc) is 3.13. The number of nitrogens with zero attached hydrogens (tertiary/aromatic N) is 4. The van der Waals surface area contributed by atoms with Gasteiger partial charge in [0.25, 0.3) is 0 Å². The highest BCUT2D eigenvalue weighted by Gasteiger charge is 2.17.